The Morgan fingerprint density at radius 3 is 2.56 bits per heavy atom. The Morgan fingerprint density at radius 1 is 1.28 bits per heavy atom. The number of nitrogens with zero attached hydrogens (tertiary/aromatic N) is 3. The molecule has 3 rings (SSSR count). The minimum absolute atomic E-state index is 0.00547. The van der Waals surface area contributed by atoms with E-state index in [1.54, 1.807) is 19.9 Å². The number of rotatable bonds is 5. The second-order valence-electron chi connectivity index (χ2n) is 8.42. The van der Waals surface area contributed by atoms with E-state index >= 15 is 0 Å². The molecule has 1 aliphatic carbocycles. The first-order valence-corrected chi connectivity index (χ1v) is 11.4. The minimum Gasteiger partial charge on any atom is -0.373 e. The fraction of sp³-hybridized carbons (Fsp3) is 0.545. The summed E-state index contributed by atoms with van der Waals surface area (Å²) >= 11 is 6.26. The van der Waals surface area contributed by atoms with Crippen LogP contribution in [0.15, 0.2) is 23.3 Å². The Bertz CT molecular complexity index is 929. The van der Waals surface area contributed by atoms with Crippen LogP contribution >= 0.6 is 11.6 Å². The predicted molar refractivity (Wildman–Crippen MR) is 122 cm³/mol. The Kier molecular flexibility index (Phi) is 7.53. The molecule has 3 N–H and O–H groups in total. The summed E-state index contributed by atoms with van der Waals surface area (Å²) in [6, 6.07) is 3.44. The van der Waals surface area contributed by atoms with Gasteiger partial charge < -0.3 is 15.7 Å². The number of hydrazone groups is 1. The zero-order valence-electron chi connectivity index (χ0n) is 18.7. The average molecular weight is 465 g/mol. The molecule has 9 nitrogen and oxygen atoms in total. The fourth-order valence-corrected chi connectivity index (χ4v) is 4.30. The van der Waals surface area contributed by atoms with Gasteiger partial charge in [0, 0.05) is 19.4 Å². The Hall–Kier alpha value is -2.49. The molecule has 1 aromatic carbocycles. The third-order valence-corrected chi connectivity index (χ3v) is 6.58. The van der Waals surface area contributed by atoms with Gasteiger partial charge in [0.25, 0.3) is 5.91 Å². The summed E-state index contributed by atoms with van der Waals surface area (Å²) in [5.41, 5.74) is 0.426. The first kappa shape index (κ1) is 24.2. The van der Waals surface area contributed by atoms with Crippen LogP contribution in [0.2, 0.25) is 5.02 Å². The summed E-state index contributed by atoms with van der Waals surface area (Å²) in [4.78, 5) is 38.5. The fourth-order valence-electron chi connectivity index (χ4n) is 4.09. The lowest BCUT2D eigenvalue weighted by molar-refractivity contribution is -0.639. The van der Waals surface area contributed by atoms with Crippen LogP contribution in [0.1, 0.15) is 62.7 Å². The molecule has 1 aromatic rings. The van der Waals surface area contributed by atoms with E-state index in [4.69, 9.17) is 11.6 Å². The van der Waals surface area contributed by atoms with Crippen LogP contribution in [0.25, 0.3) is 0 Å². The van der Waals surface area contributed by atoms with Crippen LogP contribution in [-0.4, -0.2) is 53.2 Å². The lowest BCUT2D eigenvalue weighted by atomic mass is 9.98. The van der Waals surface area contributed by atoms with Crippen molar-refractivity contribution >= 4 is 41.1 Å². The van der Waals surface area contributed by atoms with Crippen LogP contribution in [0.5, 0.6) is 0 Å². The lowest BCUT2D eigenvalue weighted by Crippen LogP contribution is -2.59. The van der Waals surface area contributed by atoms with Crippen molar-refractivity contribution in [2.75, 3.05) is 18.6 Å². The molecular formula is C22H31ClN5O4+. The lowest BCUT2D eigenvalue weighted by Gasteiger charge is -2.23. The molecule has 1 saturated carbocycles. The molecule has 32 heavy (non-hydrogen) atoms. The monoisotopic (exact) mass is 464 g/mol. The molecule has 1 aliphatic heterocycles. The zero-order chi connectivity index (χ0) is 23.5. The van der Waals surface area contributed by atoms with Crippen LogP contribution in [0.3, 0.4) is 0 Å². The first-order chi connectivity index (χ1) is 15.2. The second-order valence-corrected chi connectivity index (χ2v) is 8.82. The summed E-state index contributed by atoms with van der Waals surface area (Å²) < 4.78 is -0.640. The highest BCUT2D eigenvalue weighted by atomic mass is 35.5. The van der Waals surface area contributed by atoms with Gasteiger partial charge in [-0.15, -0.1) is 14.6 Å². The molecule has 5 amide bonds. The van der Waals surface area contributed by atoms with Crippen molar-refractivity contribution < 1.29 is 24.0 Å². The van der Waals surface area contributed by atoms with Gasteiger partial charge in [0.05, 0.1) is 23.3 Å². The largest absolute Gasteiger partial charge is 0.459 e. The molecule has 2 unspecified atom stereocenters. The highest BCUT2D eigenvalue weighted by Crippen LogP contribution is 2.30. The number of imide groups is 1. The summed E-state index contributed by atoms with van der Waals surface area (Å²) in [7, 11) is 1.47. The number of amides is 5. The third kappa shape index (κ3) is 4.65. The number of aliphatic hydroxyl groups is 1. The first-order valence-electron chi connectivity index (χ1n) is 11.0. The van der Waals surface area contributed by atoms with Crippen molar-refractivity contribution in [3.63, 3.8) is 0 Å². The highest BCUT2D eigenvalue weighted by Gasteiger charge is 2.53. The predicted octanol–water partition coefficient (Wildman–Crippen LogP) is 3.81. The van der Waals surface area contributed by atoms with Crippen molar-refractivity contribution in [1.29, 1.82) is 0 Å². The number of carbonyl (C=O) groups excluding carboxylic acids is 3. The van der Waals surface area contributed by atoms with Gasteiger partial charge in [-0.05, 0) is 38.0 Å². The molecule has 174 valence electrons. The van der Waals surface area contributed by atoms with Crippen molar-refractivity contribution in [3.8, 4) is 0 Å². The summed E-state index contributed by atoms with van der Waals surface area (Å²) in [6.07, 6.45) is 5.11. The van der Waals surface area contributed by atoms with Crippen LogP contribution in [0, 0.1) is 5.92 Å². The number of amidine groups is 1. The molecule has 0 aromatic heterocycles. The number of halogens is 1. The van der Waals surface area contributed by atoms with E-state index in [1.165, 1.54) is 19.2 Å². The summed E-state index contributed by atoms with van der Waals surface area (Å²) in [5.74, 6) is -0.224. The highest BCUT2D eigenvalue weighted by molar-refractivity contribution is 6.34. The van der Waals surface area contributed by atoms with Crippen LogP contribution in [-0.2, 0) is 0 Å². The van der Waals surface area contributed by atoms with Crippen molar-refractivity contribution in [2.24, 2.45) is 11.0 Å². The van der Waals surface area contributed by atoms with Gasteiger partial charge in [-0.2, -0.15) is 0 Å². The van der Waals surface area contributed by atoms with E-state index in [1.807, 2.05) is 0 Å². The molecule has 0 spiro atoms. The van der Waals surface area contributed by atoms with E-state index in [2.05, 4.69) is 15.7 Å². The van der Waals surface area contributed by atoms with Crippen LogP contribution in [0.4, 0.5) is 15.3 Å². The standard InChI is InChI=1S/C22H30ClN5O4/c1-4-24-21(31)28(3)14(2)26-27(22(28)32)16-11-12-18(23)17(13-16)20(30)25-19(29)15-9-7-5-6-8-10-15/h11-13,15,19,29H,4-10H2,1-3H3,(H-,24,25,30,31)/p+1. The number of benzene rings is 1. The van der Waals surface area contributed by atoms with Crippen molar-refractivity contribution in [2.45, 2.75) is 58.6 Å². The zero-order valence-corrected chi connectivity index (χ0v) is 19.5. The van der Waals surface area contributed by atoms with Crippen molar-refractivity contribution in [1.82, 2.24) is 10.6 Å². The second kappa shape index (κ2) is 9.97. The van der Waals surface area contributed by atoms with E-state index in [-0.39, 0.29) is 16.5 Å². The maximum atomic E-state index is 13.1. The number of quaternary nitrogens is 1. The molecule has 2 atom stereocenters. The summed E-state index contributed by atoms with van der Waals surface area (Å²) in [5, 5.41) is 21.4. The number of carbonyl (C=O) groups is 3. The average Bonchev–Trinajstić information content (AvgIpc) is 2.96. The number of urea groups is 2. The van der Waals surface area contributed by atoms with Gasteiger partial charge in [0.15, 0.2) is 0 Å². The Labute approximate surface area is 193 Å². The quantitative estimate of drug-likeness (QED) is 0.349. The molecule has 0 radical (unpaired) electrons. The topological polar surface area (TPSA) is 111 Å². The molecule has 0 bridgehead atoms. The number of anilines is 1. The smallest absolute Gasteiger partial charge is 0.373 e. The normalized spacial score (nSPS) is 22.8. The number of aliphatic hydroxyl groups excluding tert-OH is 1. The maximum Gasteiger partial charge on any atom is 0.459 e. The summed E-state index contributed by atoms with van der Waals surface area (Å²) in [6.45, 7) is 3.74. The van der Waals surface area contributed by atoms with Gasteiger partial charge in [0.1, 0.15) is 6.23 Å². The third-order valence-electron chi connectivity index (χ3n) is 6.25. The number of hydrogen-bond donors (Lipinski definition) is 3. The van der Waals surface area contributed by atoms with E-state index in [0.717, 1.165) is 43.5 Å². The Morgan fingerprint density at radius 2 is 1.94 bits per heavy atom. The molecular weight excluding hydrogens is 434 g/mol. The van der Waals surface area contributed by atoms with Gasteiger partial charge in [-0.25, -0.2) is 9.59 Å². The minimum atomic E-state index is -0.966. The van der Waals surface area contributed by atoms with Crippen molar-refractivity contribution in [3.05, 3.63) is 28.8 Å². The van der Waals surface area contributed by atoms with E-state index in [9.17, 15) is 19.5 Å². The van der Waals surface area contributed by atoms with Gasteiger partial charge in [0.2, 0.25) is 5.84 Å². The molecule has 2 aliphatic rings. The van der Waals surface area contributed by atoms with Gasteiger partial charge >= 0.3 is 12.1 Å². The van der Waals surface area contributed by atoms with Gasteiger partial charge in [-0.1, -0.05) is 37.3 Å². The molecule has 1 fully saturated rings. The van der Waals surface area contributed by atoms with E-state index < -0.39 is 28.7 Å². The number of nitrogens with one attached hydrogen (secondary N) is 2. The maximum absolute atomic E-state index is 13.1. The Balaban J connectivity index is 1.80. The molecule has 1 heterocycles. The van der Waals surface area contributed by atoms with Gasteiger partial charge in [-0.3, -0.25) is 4.79 Å². The van der Waals surface area contributed by atoms with E-state index in [0.29, 0.717) is 18.1 Å². The number of hydrogen-bond acceptors (Lipinski definition) is 5. The van der Waals surface area contributed by atoms with Crippen LogP contribution < -0.4 is 15.6 Å². The molecule has 10 heteroatoms. The SMILES string of the molecule is CCNC(=O)[N+]1(C)C(=O)N(c2ccc(Cl)c(C(=O)NC(O)C3CCCCCC3)c2)N=C1C. The molecule has 0 saturated heterocycles.